The average Bonchev–Trinajstić information content (AvgIpc) is 2.35. The first-order chi connectivity index (χ1) is 8.33. The lowest BCUT2D eigenvalue weighted by Gasteiger charge is -2.05. The Labute approximate surface area is 102 Å². The smallest absolute Gasteiger partial charge is 0.247 e. The van der Waals surface area contributed by atoms with Gasteiger partial charge in [0, 0.05) is 32.5 Å². The number of pyridine rings is 1. The van der Waals surface area contributed by atoms with E-state index in [1.807, 2.05) is 6.07 Å². The number of H-pyrrole nitrogens is 1. The molecular weight excluding hydrogens is 218 g/mol. The zero-order valence-electron chi connectivity index (χ0n) is 10.3. The van der Waals surface area contributed by atoms with E-state index in [0.29, 0.717) is 0 Å². The molecule has 0 aromatic carbocycles. The molecular formula is C12H21N3O2. The maximum Gasteiger partial charge on any atom is 0.247 e. The Morgan fingerprint density at radius 2 is 2.06 bits per heavy atom. The summed E-state index contributed by atoms with van der Waals surface area (Å²) >= 11 is 0. The van der Waals surface area contributed by atoms with Crippen molar-refractivity contribution in [1.82, 2.24) is 15.6 Å². The fourth-order valence-corrected chi connectivity index (χ4v) is 1.42. The van der Waals surface area contributed by atoms with Gasteiger partial charge >= 0.3 is 0 Å². The number of methoxy groups -OCH3 is 1. The van der Waals surface area contributed by atoms with Gasteiger partial charge < -0.3 is 20.4 Å². The molecule has 1 heterocycles. The van der Waals surface area contributed by atoms with Crippen molar-refractivity contribution >= 4 is 0 Å². The van der Waals surface area contributed by atoms with Crippen LogP contribution in [0, 0.1) is 0 Å². The summed E-state index contributed by atoms with van der Waals surface area (Å²) in [5.41, 5.74) is 1.04. The molecule has 0 aliphatic rings. The summed E-state index contributed by atoms with van der Waals surface area (Å²) in [5, 5.41) is 6.60. The summed E-state index contributed by atoms with van der Waals surface area (Å²) in [6, 6.07) is 3.38. The molecule has 0 radical (unpaired) electrons. The van der Waals surface area contributed by atoms with E-state index in [9.17, 15) is 4.79 Å². The summed E-state index contributed by atoms with van der Waals surface area (Å²) in [7, 11) is 1.70. The largest absolute Gasteiger partial charge is 0.383 e. The second kappa shape index (κ2) is 8.92. The molecule has 0 spiro atoms. The molecule has 96 valence electrons. The van der Waals surface area contributed by atoms with Crippen LogP contribution in [0.4, 0.5) is 0 Å². The standard InChI is InChI=1S/C12H21N3O2/c1-17-8-7-13-5-2-6-14-9-11-3-4-12(16)15-10-11/h3-4,10,13-14H,2,5-9H2,1H3,(H,15,16). The summed E-state index contributed by atoms with van der Waals surface area (Å²) in [6.45, 7) is 4.39. The quantitative estimate of drug-likeness (QED) is 0.534. The second-order valence-electron chi connectivity index (χ2n) is 3.83. The minimum atomic E-state index is -0.0592. The Morgan fingerprint density at radius 3 is 2.76 bits per heavy atom. The average molecular weight is 239 g/mol. The Morgan fingerprint density at radius 1 is 1.24 bits per heavy atom. The Balaban J connectivity index is 1.97. The molecule has 1 aromatic rings. The molecule has 0 fully saturated rings. The lowest BCUT2D eigenvalue weighted by atomic mass is 10.3. The highest BCUT2D eigenvalue weighted by Crippen LogP contribution is 1.91. The number of rotatable bonds is 9. The van der Waals surface area contributed by atoms with E-state index < -0.39 is 0 Å². The third-order valence-electron chi connectivity index (χ3n) is 2.37. The van der Waals surface area contributed by atoms with Crippen LogP contribution in [0.5, 0.6) is 0 Å². The van der Waals surface area contributed by atoms with Crippen LogP contribution in [-0.2, 0) is 11.3 Å². The van der Waals surface area contributed by atoms with Crippen molar-refractivity contribution in [3.05, 3.63) is 34.2 Å². The first-order valence-electron chi connectivity index (χ1n) is 5.91. The van der Waals surface area contributed by atoms with Gasteiger partial charge in [0.05, 0.1) is 6.61 Å². The highest BCUT2D eigenvalue weighted by Gasteiger charge is 1.92. The van der Waals surface area contributed by atoms with Crippen LogP contribution in [0.15, 0.2) is 23.1 Å². The van der Waals surface area contributed by atoms with Crippen molar-refractivity contribution in [2.24, 2.45) is 0 Å². The topological polar surface area (TPSA) is 66.2 Å². The predicted molar refractivity (Wildman–Crippen MR) is 68.1 cm³/mol. The molecule has 0 atom stereocenters. The van der Waals surface area contributed by atoms with Crippen molar-refractivity contribution in [2.75, 3.05) is 33.4 Å². The van der Waals surface area contributed by atoms with Crippen molar-refractivity contribution in [3.8, 4) is 0 Å². The van der Waals surface area contributed by atoms with Gasteiger partial charge in [-0.25, -0.2) is 0 Å². The van der Waals surface area contributed by atoms with Gasteiger partial charge in [0.15, 0.2) is 0 Å². The summed E-state index contributed by atoms with van der Waals surface area (Å²) in [4.78, 5) is 13.5. The van der Waals surface area contributed by atoms with Crippen LogP contribution in [0.3, 0.4) is 0 Å². The lowest BCUT2D eigenvalue weighted by molar-refractivity contribution is 0.199. The number of aromatic amines is 1. The van der Waals surface area contributed by atoms with Gasteiger partial charge in [-0.15, -0.1) is 0 Å². The molecule has 17 heavy (non-hydrogen) atoms. The maximum atomic E-state index is 10.8. The van der Waals surface area contributed by atoms with Crippen LogP contribution in [-0.4, -0.2) is 38.3 Å². The highest BCUT2D eigenvalue weighted by molar-refractivity contribution is 5.07. The van der Waals surface area contributed by atoms with Crippen molar-refractivity contribution in [3.63, 3.8) is 0 Å². The van der Waals surface area contributed by atoms with Crippen molar-refractivity contribution in [2.45, 2.75) is 13.0 Å². The zero-order chi connectivity index (χ0) is 12.3. The van der Waals surface area contributed by atoms with Crippen LogP contribution < -0.4 is 16.2 Å². The fraction of sp³-hybridized carbons (Fsp3) is 0.583. The third-order valence-corrected chi connectivity index (χ3v) is 2.37. The lowest BCUT2D eigenvalue weighted by Crippen LogP contribution is -2.24. The van der Waals surface area contributed by atoms with Crippen LogP contribution in [0.2, 0.25) is 0 Å². The first-order valence-corrected chi connectivity index (χ1v) is 5.91. The molecule has 1 aromatic heterocycles. The molecule has 0 amide bonds. The summed E-state index contributed by atoms with van der Waals surface area (Å²) < 4.78 is 4.93. The van der Waals surface area contributed by atoms with Gasteiger partial charge in [-0.3, -0.25) is 4.79 Å². The van der Waals surface area contributed by atoms with Crippen molar-refractivity contribution in [1.29, 1.82) is 0 Å². The van der Waals surface area contributed by atoms with E-state index in [2.05, 4.69) is 15.6 Å². The molecule has 3 N–H and O–H groups in total. The van der Waals surface area contributed by atoms with Gasteiger partial charge in [0.25, 0.3) is 0 Å². The van der Waals surface area contributed by atoms with E-state index in [0.717, 1.165) is 44.8 Å². The van der Waals surface area contributed by atoms with Crippen molar-refractivity contribution < 1.29 is 4.74 Å². The molecule has 5 nitrogen and oxygen atoms in total. The molecule has 0 saturated heterocycles. The SMILES string of the molecule is COCCNCCCNCc1ccc(=O)[nH]c1. The molecule has 0 aliphatic carbocycles. The molecule has 0 bridgehead atoms. The Hall–Kier alpha value is -1.17. The van der Waals surface area contributed by atoms with Gasteiger partial charge in [-0.2, -0.15) is 0 Å². The predicted octanol–water partition coefficient (Wildman–Crippen LogP) is 0.0906. The molecule has 0 aliphatic heterocycles. The minimum Gasteiger partial charge on any atom is -0.383 e. The number of aromatic nitrogens is 1. The summed E-state index contributed by atoms with van der Waals surface area (Å²) in [6.07, 6.45) is 2.82. The molecule has 5 heteroatoms. The van der Waals surface area contributed by atoms with E-state index in [1.165, 1.54) is 0 Å². The fourth-order valence-electron chi connectivity index (χ4n) is 1.42. The number of hydrogen-bond acceptors (Lipinski definition) is 4. The number of hydrogen-bond donors (Lipinski definition) is 3. The first kappa shape index (κ1) is 13.9. The normalized spacial score (nSPS) is 10.6. The second-order valence-corrected chi connectivity index (χ2v) is 3.83. The van der Waals surface area contributed by atoms with E-state index in [-0.39, 0.29) is 5.56 Å². The van der Waals surface area contributed by atoms with Crippen LogP contribution >= 0.6 is 0 Å². The van der Waals surface area contributed by atoms with E-state index in [1.54, 1.807) is 19.4 Å². The van der Waals surface area contributed by atoms with Gasteiger partial charge in [-0.1, -0.05) is 6.07 Å². The summed E-state index contributed by atoms with van der Waals surface area (Å²) in [5.74, 6) is 0. The third kappa shape index (κ3) is 6.88. The number of nitrogens with one attached hydrogen (secondary N) is 3. The number of ether oxygens (including phenoxy) is 1. The molecule has 0 saturated carbocycles. The minimum absolute atomic E-state index is 0.0592. The van der Waals surface area contributed by atoms with Gasteiger partial charge in [-0.05, 0) is 25.1 Å². The maximum absolute atomic E-state index is 10.8. The Bertz CT molecular complexity index is 331. The van der Waals surface area contributed by atoms with Crippen LogP contribution in [0.25, 0.3) is 0 Å². The van der Waals surface area contributed by atoms with E-state index in [4.69, 9.17) is 4.74 Å². The van der Waals surface area contributed by atoms with Gasteiger partial charge in [0.1, 0.15) is 0 Å². The van der Waals surface area contributed by atoms with Gasteiger partial charge in [0.2, 0.25) is 5.56 Å². The molecule has 1 rings (SSSR count). The monoisotopic (exact) mass is 239 g/mol. The van der Waals surface area contributed by atoms with E-state index >= 15 is 0 Å². The Kier molecular flexibility index (Phi) is 7.29. The zero-order valence-corrected chi connectivity index (χ0v) is 10.3. The highest BCUT2D eigenvalue weighted by atomic mass is 16.5. The molecule has 0 unspecified atom stereocenters. The van der Waals surface area contributed by atoms with Crippen LogP contribution in [0.1, 0.15) is 12.0 Å².